The molecule has 0 unspecified atom stereocenters. The van der Waals surface area contributed by atoms with Crippen molar-refractivity contribution >= 4 is 8.41 Å². The zero-order valence-corrected chi connectivity index (χ0v) is 6.91. The van der Waals surface area contributed by atoms with Crippen molar-refractivity contribution in [2.24, 2.45) is 0 Å². The van der Waals surface area contributed by atoms with E-state index in [0.717, 1.165) is 0 Å². The molecule has 0 bridgehead atoms. The Morgan fingerprint density at radius 2 is 1.17 bits per heavy atom. The van der Waals surface area contributed by atoms with Gasteiger partial charge in [-0.25, -0.2) is 0 Å². The normalized spacial score (nSPS) is 3.00. The molecule has 0 aromatic heterocycles. The van der Waals surface area contributed by atoms with E-state index < -0.39 is 0 Å². The fraction of sp³-hybridized carbons (Fsp3) is 0. The zero-order valence-electron chi connectivity index (χ0n) is 2.60. The van der Waals surface area contributed by atoms with Crippen molar-refractivity contribution in [1.29, 1.82) is 0 Å². The van der Waals surface area contributed by atoms with Crippen molar-refractivity contribution in [1.82, 2.24) is 0 Å². The predicted molar refractivity (Wildman–Crippen MR) is 9.05 cm³/mol. The summed E-state index contributed by atoms with van der Waals surface area (Å²) in [6.45, 7) is 0. The summed E-state index contributed by atoms with van der Waals surface area (Å²) in [5.41, 5.74) is 0. The summed E-state index contributed by atoms with van der Waals surface area (Å²) in [4.78, 5) is 0. The van der Waals surface area contributed by atoms with Gasteiger partial charge in [-0.3, -0.25) is 0 Å². The van der Waals surface area contributed by atoms with Crippen molar-refractivity contribution in [3.63, 3.8) is 0 Å². The Morgan fingerprint density at radius 3 is 1.17 bits per heavy atom. The van der Waals surface area contributed by atoms with Crippen LogP contribution in [0.15, 0.2) is 0 Å². The van der Waals surface area contributed by atoms with E-state index in [1.54, 1.807) is 0 Å². The van der Waals surface area contributed by atoms with Crippen LogP contribution in [-0.2, 0) is 22.2 Å². The van der Waals surface area contributed by atoms with Crippen LogP contribution in [-0.4, -0.2) is 8.41 Å². The average molecular weight is 265 g/mol. The first-order chi connectivity index (χ1) is 1.41. The Kier molecular flexibility index (Phi) is 123. The number of halogens is 2. The fourth-order valence-corrected chi connectivity index (χ4v) is 0. The Hall–Kier alpha value is 1.76. The van der Waals surface area contributed by atoms with Gasteiger partial charge in [0.05, 0.1) is 0 Å². The summed E-state index contributed by atoms with van der Waals surface area (Å²) in [6, 6.07) is 0. The molecule has 0 rings (SSSR count). The second-order valence-corrected chi connectivity index (χ2v) is 0.0583. The van der Waals surface area contributed by atoms with Gasteiger partial charge in [0.2, 0.25) is 0 Å². The van der Waals surface area contributed by atoms with Gasteiger partial charge in [0.1, 0.15) is 0 Å². The van der Waals surface area contributed by atoms with Crippen molar-refractivity contribution in [3.05, 3.63) is 0 Å². The molecule has 0 aromatic rings. The molecular weight excluding hydrogens is 265 g/mol. The summed E-state index contributed by atoms with van der Waals surface area (Å²) in [5.74, 6) is 0. The van der Waals surface area contributed by atoms with Gasteiger partial charge in [0.15, 0.2) is 0 Å². The Labute approximate surface area is 79.6 Å². The smallest absolute Gasteiger partial charge is 0.0104 e. The summed E-state index contributed by atoms with van der Waals surface area (Å²) < 4.78 is 18.2. The predicted octanol–water partition coefficient (Wildman–Crippen LogP) is 0.389. The van der Waals surface area contributed by atoms with Gasteiger partial charge in [0, 0.05) is 71.5 Å². The first-order valence-corrected chi connectivity index (χ1v) is 0.309. The minimum Gasteiger partial charge on any atom is -0.0104 e. The van der Waals surface area contributed by atoms with Crippen LogP contribution in [0.25, 0.3) is 0 Å². The van der Waals surface area contributed by atoms with E-state index in [2.05, 4.69) is 0 Å². The Bertz CT molecular complexity index is 13.5. The largest absolute Gasteiger partial charge is 0.0209 e. The van der Waals surface area contributed by atoms with E-state index in [0.29, 0.717) is 0 Å². The maximum atomic E-state index is 9.12. The Balaban J connectivity index is -0.00000000667. The molecule has 35 valence electrons. The van der Waals surface area contributed by atoms with Crippen LogP contribution < -0.4 is 0 Å². The molecule has 0 fully saturated rings. The second kappa shape index (κ2) is 29.5. The fourth-order valence-electron chi connectivity index (χ4n) is 0. The molecule has 0 aliphatic rings. The molecule has 6 heavy (non-hydrogen) atoms. The van der Waals surface area contributed by atoms with E-state index in [1.807, 2.05) is 0 Å². The third kappa shape index (κ3) is 42.2. The van der Waals surface area contributed by atoms with Gasteiger partial charge >= 0.3 is 0 Å². The average Bonchev–Trinajstić information content (AvgIpc) is 0.918. The van der Waals surface area contributed by atoms with Gasteiger partial charge in [-0.05, 0) is 9.05 Å². The third-order valence-electron chi connectivity index (χ3n) is 0. The maximum absolute atomic E-state index is 9.12. The molecule has 0 saturated heterocycles. The van der Waals surface area contributed by atoms with E-state index in [9.17, 15) is 0 Å². The number of hydrogen-bond acceptors (Lipinski definition) is 1. The van der Waals surface area contributed by atoms with Crippen molar-refractivity contribution in [3.8, 4) is 0 Å². The molecule has 6 heteroatoms. The minimum atomic E-state index is 0. The van der Waals surface area contributed by atoms with Gasteiger partial charge in [-0.1, -0.05) is 0 Å². The van der Waals surface area contributed by atoms with Crippen molar-refractivity contribution in [2.45, 2.75) is 0 Å². The minimum absolute atomic E-state index is 0. The summed E-state index contributed by atoms with van der Waals surface area (Å²) in [6.07, 6.45) is 0. The molecule has 0 atom stereocenters. The van der Waals surface area contributed by atoms with Crippen LogP contribution >= 0.6 is 0 Å². The number of hydrogen-bond donors (Lipinski definition) is 0. The van der Waals surface area contributed by atoms with Gasteiger partial charge in [-0.2, -0.15) is 0 Å². The maximum Gasteiger partial charge on any atom is 0.0209 e. The molecule has 0 spiro atoms. The standard InChI is InChI=1S/B.F2O.Fe.Nd/c;1-3-2;;. The van der Waals surface area contributed by atoms with E-state index in [1.165, 1.54) is 5.15 Å². The molecule has 0 aromatic carbocycles. The first-order valence-electron chi connectivity index (χ1n) is 0.309. The van der Waals surface area contributed by atoms with Gasteiger partial charge < -0.3 is 0 Å². The molecule has 3 radical (unpaired) electrons. The van der Waals surface area contributed by atoms with Crippen LogP contribution in [0, 0.1) is 40.8 Å². The summed E-state index contributed by atoms with van der Waals surface area (Å²) in [5, 5.41) is 1.25. The first kappa shape index (κ1) is 25.1. The van der Waals surface area contributed by atoms with Gasteiger partial charge in [-0.15, -0.1) is 0 Å². The zero-order chi connectivity index (χ0) is 2.71. The van der Waals surface area contributed by atoms with Crippen LogP contribution in [0.1, 0.15) is 0 Å². The third-order valence-corrected chi connectivity index (χ3v) is 0. The number of rotatable bonds is 0. The molecule has 0 amide bonds. The van der Waals surface area contributed by atoms with Crippen LogP contribution in [0.5, 0.6) is 0 Å². The van der Waals surface area contributed by atoms with Crippen LogP contribution in [0.4, 0.5) is 9.05 Å². The second-order valence-electron chi connectivity index (χ2n) is 0.0583. The molecule has 0 heterocycles. The van der Waals surface area contributed by atoms with Gasteiger partial charge in [0.25, 0.3) is 0 Å². The molecule has 1 nitrogen and oxygen atoms in total. The summed E-state index contributed by atoms with van der Waals surface area (Å²) in [7, 11) is 0. The van der Waals surface area contributed by atoms with Crippen LogP contribution in [0.2, 0.25) is 0 Å². The SMILES string of the molecule is FOF.[B].[Fe].[Nd]. The topological polar surface area (TPSA) is 9.23 Å². The molecular formula is BF2FeNdO. The van der Waals surface area contributed by atoms with E-state index in [4.69, 9.17) is 9.05 Å². The molecule has 0 aliphatic heterocycles. The monoisotopic (exact) mass is 263 g/mol. The van der Waals surface area contributed by atoms with E-state index in [-0.39, 0.29) is 66.3 Å². The molecule has 0 saturated carbocycles. The van der Waals surface area contributed by atoms with Crippen LogP contribution in [0.3, 0.4) is 0 Å². The molecule has 0 aliphatic carbocycles. The Morgan fingerprint density at radius 1 is 1.17 bits per heavy atom. The summed E-state index contributed by atoms with van der Waals surface area (Å²) >= 11 is 0. The quantitative estimate of drug-likeness (QED) is 0.576. The molecule has 0 N–H and O–H groups in total. The van der Waals surface area contributed by atoms with Crippen molar-refractivity contribution in [2.75, 3.05) is 0 Å². The van der Waals surface area contributed by atoms with Crippen molar-refractivity contribution < 1.29 is 72.1 Å². The van der Waals surface area contributed by atoms with E-state index >= 15 is 0 Å².